The van der Waals surface area contributed by atoms with Gasteiger partial charge in [-0.05, 0) is 0 Å². The first-order valence-corrected chi connectivity index (χ1v) is 5.83. The Balaban J connectivity index is 3.58. The maximum Gasteiger partial charge on any atom is 0.313 e. The van der Waals surface area contributed by atoms with Gasteiger partial charge in [0.15, 0.2) is 0 Å². The number of methoxy groups -OCH3 is 2. The summed E-state index contributed by atoms with van der Waals surface area (Å²) < 4.78 is 9.92. The fraction of sp³-hybridized carbons (Fsp3) is 0.778. The highest BCUT2D eigenvalue weighted by Gasteiger charge is 2.09. The van der Waals surface area contributed by atoms with E-state index in [-0.39, 0.29) is 23.5 Å². The third kappa shape index (κ3) is 8.51. The molecule has 6 nitrogen and oxygen atoms in total. The van der Waals surface area contributed by atoms with E-state index in [2.05, 4.69) is 5.32 Å². The summed E-state index contributed by atoms with van der Waals surface area (Å²) in [5, 5.41) is 11.0. The van der Waals surface area contributed by atoms with Crippen molar-refractivity contribution >= 4 is 23.6 Å². The number of aliphatic carboxylic acids is 1. The van der Waals surface area contributed by atoms with Crippen LogP contribution in [-0.2, 0) is 19.1 Å². The first-order valence-electron chi connectivity index (χ1n) is 4.68. The zero-order valence-electron chi connectivity index (χ0n) is 9.39. The zero-order valence-corrected chi connectivity index (χ0v) is 10.2. The lowest BCUT2D eigenvalue weighted by molar-refractivity contribution is -0.133. The van der Waals surface area contributed by atoms with Gasteiger partial charge >= 0.3 is 5.97 Å². The predicted molar refractivity (Wildman–Crippen MR) is 60.6 cm³/mol. The molecule has 0 bridgehead atoms. The minimum absolute atomic E-state index is 0.0702. The van der Waals surface area contributed by atoms with Gasteiger partial charge < -0.3 is 19.9 Å². The van der Waals surface area contributed by atoms with Gasteiger partial charge in [-0.1, -0.05) is 0 Å². The van der Waals surface area contributed by atoms with Crippen molar-refractivity contribution in [2.75, 3.05) is 38.9 Å². The molecule has 0 aliphatic heterocycles. The topological polar surface area (TPSA) is 84.9 Å². The van der Waals surface area contributed by atoms with Gasteiger partial charge in [0, 0.05) is 20.8 Å². The fourth-order valence-electron chi connectivity index (χ4n) is 0.906. The third-order valence-corrected chi connectivity index (χ3v) is 2.59. The maximum absolute atomic E-state index is 11.2. The number of carboxylic acid groups (broad SMARTS) is 1. The van der Waals surface area contributed by atoms with Gasteiger partial charge in [0.2, 0.25) is 5.91 Å². The lowest BCUT2D eigenvalue weighted by Crippen LogP contribution is -2.36. The summed E-state index contributed by atoms with van der Waals surface area (Å²) in [6.07, 6.45) is -0.182. The van der Waals surface area contributed by atoms with Crippen LogP contribution in [-0.4, -0.2) is 62.0 Å². The van der Waals surface area contributed by atoms with Crippen molar-refractivity contribution in [3.8, 4) is 0 Å². The lowest BCUT2D eigenvalue weighted by Gasteiger charge is -2.14. The Morgan fingerprint density at radius 3 is 2.56 bits per heavy atom. The van der Waals surface area contributed by atoms with Gasteiger partial charge in [-0.2, -0.15) is 0 Å². The Bertz CT molecular complexity index is 224. The summed E-state index contributed by atoms with van der Waals surface area (Å²) in [6, 6.07) is 0. The smallest absolute Gasteiger partial charge is 0.313 e. The van der Waals surface area contributed by atoms with Crippen LogP contribution in [0.15, 0.2) is 0 Å². The molecule has 0 saturated heterocycles. The molecule has 1 amide bonds. The summed E-state index contributed by atoms with van der Waals surface area (Å²) in [4.78, 5) is 21.4. The van der Waals surface area contributed by atoms with Crippen LogP contribution in [0.4, 0.5) is 0 Å². The number of amides is 1. The molecule has 0 aromatic heterocycles. The van der Waals surface area contributed by atoms with E-state index in [0.717, 1.165) is 11.8 Å². The number of carbonyl (C=O) groups is 2. The van der Waals surface area contributed by atoms with E-state index in [1.165, 1.54) is 7.11 Å². The molecule has 16 heavy (non-hydrogen) atoms. The van der Waals surface area contributed by atoms with Crippen molar-refractivity contribution < 1.29 is 24.2 Å². The molecular formula is C9H17NO5S. The van der Waals surface area contributed by atoms with E-state index in [1.54, 1.807) is 7.11 Å². The number of nitrogens with one attached hydrogen (secondary N) is 1. The van der Waals surface area contributed by atoms with E-state index in [4.69, 9.17) is 14.6 Å². The first kappa shape index (κ1) is 15.2. The molecule has 1 atom stereocenters. The van der Waals surface area contributed by atoms with Crippen molar-refractivity contribution in [3.63, 3.8) is 0 Å². The van der Waals surface area contributed by atoms with E-state index in [0.29, 0.717) is 13.2 Å². The van der Waals surface area contributed by atoms with Gasteiger partial charge in [0.1, 0.15) is 0 Å². The fourth-order valence-corrected chi connectivity index (χ4v) is 1.47. The molecule has 0 heterocycles. The maximum atomic E-state index is 11.2. The molecule has 94 valence electrons. The number of thioether (sulfide) groups is 1. The average molecular weight is 251 g/mol. The van der Waals surface area contributed by atoms with Crippen LogP contribution >= 0.6 is 11.8 Å². The molecule has 0 fully saturated rings. The van der Waals surface area contributed by atoms with Crippen molar-refractivity contribution in [1.82, 2.24) is 5.32 Å². The summed E-state index contributed by atoms with van der Waals surface area (Å²) in [5.74, 6) is -1.06. The third-order valence-electron chi connectivity index (χ3n) is 1.67. The summed E-state index contributed by atoms with van der Waals surface area (Å²) in [5.41, 5.74) is 0. The highest BCUT2D eigenvalue weighted by atomic mass is 32.2. The van der Waals surface area contributed by atoms with Crippen molar-refractivity contribution in [2.45, 2.75) is 6.10 Å². The van der Waals surface area contributed by atoms with Crippen LogP contribution in [0.3, 0.4) is 0 Å². The number of rotatable bonds is 9. The van der Waals surface area contributed by atoms with E-state index in [9.17, 15) is 9.59 Å². The van der Waals surface area contributed by atoms with Gasteiger partial charge in [0.05, 0.1) is 24.2 Å². The molecular weight excluding hydrogens is 234 g/mol. The molecule has 2 N–H and O–H groups in total. The van der Waals surface area contributed by atoms with Gasteiger partial charge in [-0.3, -0.25) is 9.59 Å². The molecule has 0 aliphatic rings. The van der Waals surface area contributed by atoms with Crippen LogP contribution in [0.25, 0.3) is 0 Å². The van der Waals surface area contributed by atoms with Crippen molar-refractivity contribution in [1.29, 1.82) is 0 Å². The normalized spacial score (nSPS) is 12.1. The monoisotopic (exact) mass is 251 g/mol. The second-order valence-corrected chi connectivity index (χ2v) is 3.99. The highest BCUT2D eigenvalue weighted by molar-refractivity contribution is 8.00. The quantitative estimate of drug-likeness (QED) is 0.579. The van der Waals surface area contributed by atoms with E-state index >= 15 is 0 Å². The minimum atomic E-state index is -0.924. The molecule has 0 aliphatic carbocycles. The van der Waals surface area contributed by atoms with Gasteiger partial charge in [0.25, 0.3) is 0 Å². The summed E-state index contributed by atoms with van der Waals surface area (Å²) >= 11 is 1.06. The SMILES string of the molecule is COCC(CNC(=O)CSCC(=O)O)OC. The predicted octanol–water partition coefficient (Wildman–Crippen LogP) is -0.418. The Kier molecular flexibility index (Phi) is 8.97. The van der Waals surface area contributed by atoms with Crippen LogP contribution in [0, 0.1) is 0 Å². The van der Waals surface area contributed by atoms with Gasteiger partial charge in [-0.25, -0.2) is 0 Å². The standard InChI is InChI=1S/C9H17NO5S/c1-14-4-7(15-2)3-10-8(11)5-16-6-9(12)13/h7H,3-6H2,1-2H3,(H,10,11)(H,12,13). The number of hydrogen-bond acceptors (Lipinski definition) is 5. The summed E-state index contributed by atoms with van der Waals surface area (Å²) in [6.45, 7) is 0.760. The number of carboxylic acids is 1. The first-order chi connectivity index (χ1) is 7.60. The van der Waals surface area contributed by atoms with Crippen LogP contribution in [0.5, 0.6) is 0 Å². The number of hydrogen-bond donors (Lipinski definition) is 2. The second kappa shape index (κ2) is 9.44. The molecule has 7 heteroatoms. The molecule has 1 unspecified atom stereocenters. The Morgan fingerprint density at radius 1 is 1.38 bits per heavy atom. The van der Waals surface area contributed by atoms with Crippen molar-refractivity contribution in [2.24, 2.45) is 0 Å². The molecule has 0 aromatic carbocycles. The molecule has 0 spiro atoms. The largest absolute Gasteiger partial charge is 0.481 e. The van der Waals surface area contributed by atoms with Crippen LogP contribution in [0.1, 0.15) is 0 Å². The van der Waals surface area contributed by atoms with E-state index in [1.807, 2.05) is 0 Å². The zero-order chi connectivity index (χ0) is 12.4. The second-order valence-electron chi connectivity index (χ2n) is 3.00. The molecule has 0 rings (SSSR count). The Hall–Kier alpha value is -0.790. The van der Waals surface area contributed by atoms with Gasteiger partial charge in [-0.15, -0.1) is 11.8 Å². The molecule has 0 radical (unpaired) electrons. The Morgan fingerprint density at radius 2 is 2.06 bits per heavy atom. The molecule has 0 saturated carbocycles. The van der Waals surface area contributed by atoms with Crippen LogP contribution < -0.4 is 5.32 Å². The Labute approximate surface area is 98.7 Å². The highest BCUT2D eigenvalue weighted by Crippen LogP contribution is 1.98. The number of ether oxygens (including phenoxy) is 2. The van der Waals surface area contributed by atoms with Crippen LogP contribution in [0.2, 0.25) is 0 Å². The molecule has 0 aromatic rings. The van der Waals surface area contributed by atoms with E-state index < -0.39 is 5.97 Å². The van der Waals surface area contributed by atoms with Crippen molar-refractivity contribution in [3.05, 3.63) is 0 Å². The minimum Gasteiger partial charge on any atom is -0.481 e. The summed E-state index contributed by atoms with van der Waals surface area (Å²) in [7, 11) is 3.09. The lowest BCUT2D eigenvalue weighted by atomic mass is 10.3. The number of carbonyl (C=O) groups excluding carboxylic acids is 1. The average Bonchev–Trinajstić information content (AvgIpc) is 2.23.